The molecule has 0 spiro atoms. The third kappa shape index (κ3) is 2.70. The number of nitrogens with zero attached hydrogens (tertiary/aromatic N) is 1. The van der Waals surface area contributed by atoms with E-state index in [0.717, 1.165) is 4.90 Å². The predicted octanol–water partition coefficient (Wildman–Crippen LogP) is -0.283. The number of ketones is 1. The fourth-order valence-electron chi connectivity index (χ4n) is 1.59. The van der Waals surface area contributed by atoms with E-state index in [9.17, 15) is 14.4 Å². The molecule has 90 valence electrons. The van der Waals surface area contributed by atoms with E-state index in [2.05, 4.69) is 25.3 Å². The van der Waals surface area contributed by atoms with Crippen LogP contribution in [-0.4, -0.2) is 51.8 Å². The highest BCUT2D eigenvalue weighted by Crippen LogP contribution is 2.19. The minimum atomic E-state index is -1.14. The summed E-state index contributed by atoms with van der Waals surface area (Å²) in [6, 6.07) is -1.03. The molecule has 1 aliphatic rings. The molecule has 1 N–H and O–H groups in total. The molecule has 1 aliphatic heterocycles. The number of amides is 1. The zero-order valence-electron chi connectivity index (χ0n) is 8.50. The van der Waals surface area contributed by atoms with Gasteiger partial charge in [-0.1, -0.05) is 0 Å². The van der Waals surface area contributed by atoms with Crippen LogP contribution in [0.3, 0.4) is 0 Å². The van der Waals surface area contributed by atoms with Crippen molar-refractivity contribution in [1.29, 1.82) is 0 Å². The number of carbonyl (C=O) groups excluding carboxylic acids is 2. The average Bonchev–Trinajstić information content (AvgIpc) is 2.62. The largest absolute Gasteiger partial charge is 0.480 e. The molecule has 1 rings (SSSR count). The van der Waals surface area contributed by atoms with E-state index in [1.165, 1.54) is 0 Å². The number of rotatable bonds is 4. The molecule has 0 aromatic heterocycles. The van der Waals surface area contributed by atoms with Crippen LogP contribution < -0.4 is 0 Å². The van der Waals surface area contributed by atoms with Crippen LogP contribution in [0.5, 0.6) is 0 Å². The van der Waals surface area contributed by atoms with Gasteiger partial charge in [0.1, 0.15) is 6.04 Å². The van der Waals surface area contributed by atoms with Crippen molar-refractivity contribution in [2.75, 3.05) is 18.1 Å². The van der Waals surface area contributed by atoms with Crippen molar-refractivity contribution in [3.63, 3.8) is 0 Å². The lowest BCUT2D eigenvalue weighted by atomic mass is 10.1. The number of carboxylic acid groups (broad SMARTS) is 1. The zero-order chi connectivity index (χ0) is 12.3. The Morgan fingerprint density at radius 1 is 1.44 bits per heavy atom. The highest BCUT2D eigenvalue weighted by Gasteiger charge is 2.40. The normalized spacial score (nSPS) is 20.6. The van der Waals surface area contributed by atoms with Gasteiger partial charge in [0.2, 0.25) is 5.91 Å². The van der Waals surface area contributed by atoms with Crippen molar-refractivity contribution >= 4 is 42.9 Å². The van der Waals surface area contributed by atoms with E-state index in [4.69, 9.17) is 5.11 Å². The van der Waals surface area contributed by atoms with E-state index in [1.54, 1.807) is 0 Å². The monoisotopic (exact) mass is 263 g/mol. The fourth-order valence-corrected chi connectivity index (χ4v) is 2.37. The van der Waals surface area contributed by atoms with Crippen LogP contribution in [0, 0.1) is 5.92 Å². The van der Waals surface area contributed by atoms with Gasteiger partial charge in [0.25, 0.3) is 0 Å². The molecule has 7 heteroatoms. The molecule has 5 nitrogen and oxygen atoms in total. The summed E-state index contributed by atoms with van der Waals surface area (Å²) in [6.45, 7) is -0.117. The molecule has 0 bridgehead atoms. The quantitative estimate of drug-likeness (QED) is 0.610. The highest BCUT2D eigenvalue weighted by molar-refractivity contribution is 7.81. The molecule has 0 aromatic rings. The molecular formula is C9H13NO4S2. The van der Waals surface area contributed by atoms with Gasteiger partial charge < -0.3 is 10.0 Å². The first kappa shape index (κ1) is 13.4. The minimum absolute atomic E-state index is 0.104. The van der Waals surface area contributed by atoms with Crippen LogP contribution in [0.25, 0.3) is 0 Å². The lowest BCUT2D eigenvalue weighted by Gasteiger charge is -2.24. The maximum atomic E-state index is 11.9. The van der Waals surface area contributed by atoms with E-state index < -0.39 is 17.9 Å². The lowest BCUT2D eigenvalue weighted by Crippen LogP contribution is -2.44. The van der Waals surface area contributed by atoms with Crippen molar-refractivity contribution in [3.05, 3.63) is 0 Å². The van der Waals surface area contributed by atoms with Gasteiger partial charge in [-0.3, -0.25) is 9.59 Å². The van der Waals surface area contributed by atoms with E-state index in [1.807, 2.05) is 0 Å². The van der Waals surface area contributed by atoms with Gasteiger partial charge >= 0.3 is 5.97 Å². The number of hydrogen-bond acceptors (Lipinski definition) is 5. The van der Waals surface area contributed by atoms with Gasteiger partial charge in [0, 0.05) is 17.9 Å². The average molecular weight is 263 g/mol. The summed E-state index contributed by atoms with van der Waals surface area (Å²) in [5.41, 5.74) is 0. The first-order valence-electron chi connectivity index (χ1n) is 4.78. The maximum absolute atomic E-state index is 11.9. The van der Waals surface area contributed by atoms with Gasteiger partial charge in [-0.25, -0.2) is 4.79 Å². The molecule has 0 aromatic carbocycles. The van der Waals surface area contributed by atoms with Crippen molar-refractivity contribution in [3.8, 4) is 0 Å². The number of hydrogen-bond donors (Lipinski definition) is 3. The molecule has 1 heterocycles. The summed E-state index contributed by atoms with van der Waals surface area (Å²) in [6.07, 6.45) is -0.104. The molecule has 0 radical (unpaired) electrons. The second-order valence-electron chi connectivity index (χ2n) is 3.63. The Morgan fingerprint density at radius 3 is 2.44 bits per heavy atom. The van der Waals surface area contributed by atoms with Crippen molar-refractivity contribution in [2.24, 2.45) is 5.92 Å². The van der Waals surface area contributed by atoms with Gasteiger partial charge in [-0.2, -0.15) is 25.3 Å². The molecule has 0 unspecified atom stereocenters. The Kier molecular flexibility index (Phi) is 4.67. The highest BCUT2D eigenvalue weighted by atomic mass is 32.1. The van der Waals surface area contributed by atoms with Crippen molar-refractivity contribution in [2.45, 2.75) is 12.5 Å². The maximum Gasteiger partial charge on any atom is 0.326 e. The predicted molar refractivity (Wildman–Crippen MR) is 64.0 cm³/mol. The summed E-state index contributed by atoms with van der Waals surface area (Å²) in [5.74, 6) is -1.59. The lowest BCUT2D eigenvalue weighted by molar-refractivity contribution is -0.149. The molecule has 0 saturated carbocycles. The van der Waals surface area contributed by atoms with E-state index >= 15 is 0 Å². The Morgan fingerprint density at radius 2 is 2.00 bits per heavy atom. The van der Waals surface area contributed by atoms with Crippen LogP contribution in [0.2, 0.25) is 0 Å². The van der Waals surface area contributed by atoms with Crippen LogP contribution in [0.4, 0.5) is 0 Å². The Balaban J connectivity index is 2.81. The van der Waals surface area contributed by atoms with Crippen LogP contribution >= 0.6 is 25.3 Å². The van der Waals surface area contributed by atoms with E-state index in [0.29, 0.717) is 11.5 Å². The Labute approximate surface area is 104 Å². The van der Waals surface area contributed by atoms with Crippen LogP contribution in [0.15, 0.2) is 0 Å². The van der Waals surface area contributed by atoms with Crippen molar-refractivity contribution in [1.82, 2.24) is 4.90 Å². The molecule has 1 saturated heterocycles. The molecule has 0 aliphatic carbocycles. The van der Waals surface area contributed by atoms with Gasteiger partial charge in [0.15, 0.2) is 5.78 Å². The van der Waals surface area contributed by atoms with Gasteiger partial charge in [0.05, 0.1) is 12.5 Å². The van der Waals surface area contributed by atoms with Gasteiger partial charge in [-0.15, -0.1) is 0 Å². The number of carboxylic acids is 1. The fraction of sp³-hybridized carbons (Fsp3) is 0.667. The first-order valence-corrected chi connectivity index (χ1v) is 6.04. The standard InChI is InChI=1S/C9H13NO4S2/c11-6-1-7(9(13)14)10(2-6)8(12)5(3-15)4-16/h5,7,15-16H,1-4H2,(H,13,14)/t7-/m0/s1. The Bertz CT molecular complexity index is 317. The second kappa shape index (κ2) is 5.58. The molecular weight excluding hydrogens is 250 g/mol. The van der Waals surface area contributed by atoms with Crippen molar-refractivity contribution < 1.29 is 19.5 Å². The van der Waals surface area contributed by atoms with E-state index in [-0.39, 0.29) is 24.7 Å². The smallest absolute Gasteiger partial charge is 0.326 e. The second-order valence-corrected chi connectivity index (χ2v) is 4.36. The summed E-state index contributed by atoms with van der Waals surface area (Å²) in [4.78, 5) is 35.0. The molecule has 1 amide bonds. The SMILES string of the molecule is O=C1C[C@@H](C(=O)O)N(C(=O)C(CS)CS)C1. The number of likely N-dealkylation sites (tertiary alicyclic amines) is 1. The van der Waals surface area contributed by atoms with Gasteiger partial charge in [-0.05, 0) is 0 Å². The molecule has 1 atom stereocenters. The summed E-state index contributed by atoms with van der Waals surface area (Å²) in [7, 11) is 0. The minimum Gasteiger partial charge on any atom is -0.480 e. The summed E-state index contributed by atoms with van der Waals surface area (Å²) < 4.78 is 0. The summed E-state index contributed by atoms with van der Waals surface area (Å²) in [5, 5.41) is 8.89. The molecule has 16 heavy (non-hydrogen) atoms. The zero-order valence-corrected chi connectivity index (χ0v) is 10.3. The topological polar surface area (TPSA) is 74.7 Å². The summed E-state index contributed by atoms with van der Waals surface area (Å²) >= 11 is 8.01. The number of Topliss-reactive ketones (excluding diaryl/α,β-unsaturated/α-hetero) is 1. The third-order valence-electron chi connectivity index (χ3n) is 2.50. The Hall–Kier alpha value is -0.690. The number of aliphatic carboxylic acids is 1. The number of carbonyl (C=O) groups is 3. The first-order chi connectivity index (χ1) is 7.51. The third-order valence-corrected chi connectivity index (χ3v) is 3.38. The number of thiol groups is 2. The van der Waals surface area contributed by atoms with Crippen LogP contribution in [0.1, 0.15) is 6.42 Å². The molecule has 1 fully saturated rings. The van der Waals surface area contributed by atoms with Crippen LogP contribution in [-0.2, 0) is 14.4 Å².